The standard InChI is InChI=1S/C71H114O6/c1-4-7-10-13-16-19-22-25-27-28-29-30-31-32-33-34-35-36-37-38-39-40-41-42-44-46-49-52-55-58-61-64-70(73)76-67-68(66-75-69(72)63-60-57-54-51-48-45-24-21-18-15-12-9-6-3)77-71(74)65-62-59-56-53-50-47-43-26-23-20-17-14-11-8-5-2/h7-12,16-21,25-27,29-30,43,45,48,50,53-54,57,68H,4-6,13-15,22-24,28,31-42,44,46-47,49,51-52,55-56,58-67H2,1-3H3/b10-7-,11-8-,12-9-,19-16-,20-17-,21-18-,27-25-,30-29-,43-26-,48-45-,53-50-,57-54-. The highest BCUT2D eigenvalue weighted by atomic mass is 16.6. The van der Waals surface area contributed by atoms with Crippen LogP contribution < -0.4 is 0 Å². The van der Waals surface area contributed by atoms with Crippen molar-refractivity contribution in [2.24, 2.45) is 0 Å². The first kappa shape index (κ1) is 72.3. The van der Waals surface area contributed by atoms with Crippen molar-refractivity contribution in [3.63, 3.8) is 0 Å². The first-order valence-corrected chi connectivity index (χ1v) is 31.3. The van der Waals surface area contributed by atoms with Crippen molar-refractivity contribution >= 4 is 17.9 Å². The van der Waals surface area contributed by atoms with Gasteiger partial charge in [0.05, 0.1) is 0 Å². The Balaban J connectivity index is 4.26. The zero-order valence-electron chi connectivity index (χ0n) is 49.7. The van der Waals surface area contributed by atoms with E-state index in [4.69, 9.17) is 14.2 Å². The van der Waals surface area contributed by atoms with Crippen LogP contribution in [-0.2, 0) is 28.6 Å². The molecule has 0 aromatic rings. The summed E-state index contributed by atoms with van der Waals surface area (Å²) in [5, 5.41) is 0. The van der Waals surface area contributed by atoms with E-state index in [9.17, 15) is 14.4 Å². The van der Waals surface area contributed by atoms with Crippen LogP contribution in [0.2, 0.25) is 0 Å². The number of hydrogen-bond acceptors (Lipinski definition) is 6. The summed E-state index contributed by atoms with van der Waals surface area (Å²) >= 11 is 0. The Morgan fingerprint density at radius 2 is 0.494 bits per heavy atom. The van der Waals surface area contributed by atoms with Crippen LogP contribution in [0.3, 0.4) is 0 Å². The van der Waals surface area contributed by atoms with Crippen molar-refractivity contribution in [1.82, 2.24) is 0 Å². The van der Waals surface area contributed by atoms with Crippen LogP contribution in [0.15, 0.2) is 146 Å². The number of esters is 3. The molecule has 0 heterocycles. The van der Waals surface area contributed by atoms with Crippen LogP contribution in [-0.4, -0.2) is 37.2 Å². The summed E-state index contributed by atoms with van der Waals surface area (Å²) in [6.07, 6.45) is 91.8. The molecule has 0 radical (unpaired) electrons. The van der Waals surface area contributed by atoms with Crippen LogP contribution in [0.25, 0.3) is 0 Å². The van der Waals surface area contributed by atoms with E-state index < -0.39 is 6.10 Å². The molecule has 434 valence electrons. The van der Waals surface area contributed by atoms with E-state index in [0.29, 0.717) is 19.3 Å². The lowest BCUT2D eigenvalue weighted by Crippen LogP contribution is -2.30. The molecule has 0 aliphatic heterocycles. The minimum Gasteiger partial charge on any atom is -0.462 e. The van der Waals surface area contributed by atoms with E-state index in [0.717, 1.165) is 109 Å². The quantitative estimate of drug-likeness (QED) is 0.0261. The van der Waals surface area contributed by atoms with E-state index >= 15 is 0 Å². The number of carbonyl (C=O) groups excluding carboxylic acids is 3. The molecular formula is C71H114O6. The van der Waals surface area contributed by atoms with Gasteiger partial charge in [-0.25, -0.2) is 0 Å². The van der Waals surface area contributed by atoms with Crippen molar-refractivity contribution in [2.45, 2.75) is 271 Å². The molecule has 6 heteroatoms. The van der Waals surface area contributed by atoms with Gasteiger partial charge in [0.25, 0.3) is 0 Å². The number of rotatable bonds is 55. The highest BCUT2D eigenvalue weighted by Gasteiger charge is 2.19. The average molecular weight is 1060 g/mol. The van der Waals surface area contributed by atoms with Crippen LogP contribution in [0.4, 0.5) is 0 Å². The second-order valence-electron chi connectivity index (χ2n) is 20.2. The first-order valence-electron chi connectivity index (χ1n) is 31.3. The van der Waals surface area contributed by atoms with E-state index in [1.807, 2.05) is 12.2 Å². The molecule has 0 saturated carbocycles. The van der Waals surface area contributed by atoms with Crippen LogP contribution in [0, 0.1) is 0 Å². The monoisotopic (exact) mass is 1060 g/mol. The number of ether oxygens (including phenoxy) is 3. The fourth-order valence-corrected chi connectivity index (χ4v) is 8.26. The summed E-state index contributed by atoms with van der Waals surface area (Å²) in [5.74, 6) is -1.05. The molecule has 1 unspecified atom stereocenters. The summed E-state index contributed by atoms with van der Waals surface area (Å²) in [6.45, 7) is 6.20. The Morgan fingerprint density at radius 1 is 0.260 bits per heavy atom. The Bertz CT molecular complexity index is 1700. The van der Waals surface area contributed by atoms with Gasteiger partial charge in [-0.05, 0) is 122 Å². The average Bonchev–Trinajstić information content (AvgIpc) is 3.43. The Labute approximate surface area is 474 Å². The summed E-state index contributed by atoms with van der Waals surface area (Å²) in [4.78, 5) is 38.1. The Hall–Kier alpha value is -4.71. The molecule has 0 aromatic heterocycles. The third-order valence-electron chi connectivity index (χ3n) is 12.8. The predicted octanol–water partition coefficient (Wildman–Crippen LogP) is 21.5. The largest absolute Gasteiger partial charge is 0.462 e. The van der Waals surface area contributed by atoms with Crippen LogP contribution in [0.5, 0.6) is 0 Å². The van der Waals surface area contributed by atoms with Gasteiger partial charge in [-0.3, -0.25) is 14.4 Å². The molecule has 1 atom stereocenters. The highest BCUT2D eigenvalue weighted by molar-refractivity contribution is 5.71. The summed E-state index contributed by atoms with van der Waals surface area (Å²) in [7, 11) is 0. The second-order valence-corrected chi connectivity index (χ2v) is 20.2. The maximum absolute atomic E-state index is 12.8. The van der Waals surface area contributed by atoms with E-state index in [2.05, 4.69) is 154 Å². The van der Waals surface area contributed by atoms with Crippen molar-refractivity contribution in [2.75, 3.05) is 13.2 Å². The topological polar surface area (TPSA) is 78.9 Å². The minimum atomic E-state index is -0.833. The normalized spacial score (nSPS) is 13.1. The van der Waals surface area contributed by atoms with Gasteiger partial charge in [0.15, 0.2) is 6.10 Å². The van der Waals surface area contributed by atoms with Gasteiger partial charge in [0.2, 0.25) is 0 Å². The number of unbranched alkanes of at least 4 members (excludes halogenated alkanes) is 20. The second kappa shape index (κ2) is 63.8. The maximum atomic E-state index is 12.8. The molecule has 0 spiro atoms. The summed E-state index contributed by atoms with van der Waals surface area (Å²) in [5.41, 5.74) is 0. The van der Waals surface area contributed by atoms with Gasteiger partial charge in [0.1, 0.15) is 13.2 Å². The number of carbonyl (C=O) groups is 3. The lowest BCUT2D eigenvalue weighted by molar-refractivity contribution is -0.166. The van der Waals surface area contributed by atoms with Gasteiger partial charge in [-0.2, -0.15) is 0 Å². The molecule has 0 bridgehead atoms. The lowest BCUT2D eigenvalue weighted by atomic mass is 10.0. The van der Waals surface area contributed by atoms with Gasteiger partial charge >= 0.3 is 17.9 Å². The highest BCUT2D eigenvalue weighted by Crippen LogP contribution is 2.16. The zero-order valence-corrected chi connectivity index (χ0v) is 49.7. The van der Waals surface area contributed by atoms with Crippen molar-refractivity contribution in [3.8, 4) is 0 Å². The Kier molecular flexibility index (Phi) is 59.9. The predicted molar refractivity (Wildman–Crippen MR) is 334 cm³/mol. The molecule has 0 rings (SSSR count). The van der Waals surface area contributed by atoms with Gasteiger partial charge in [-0.15, -0.1) is 0 Å². The third-order valence-corrected chi connectivity index (χ3v) is 12.8. The minimum absolute atomic E-state index is 0.120. The van der Waals surface area contributed by atoms with Crippen LogP contribution >= 0.6 is 0 Å². The lowest BCUT2D eigenvalue weighted by Gasteiger charge is -2.18. The van der Waals surface area contributed by atoms with Crippen molar-refractivity contribution in [3.05, 3.63) is 146 Å². The van der Waals surface area contributed by atoms with Gasteiger partial charge in [0, 0.05) is 19.3 Å². The molecule has 0 saturated heterocycles. The first-order chi connectivity index (χ1) is 38.0. The number of allylic oxidation sites excluding steroid dienone is 24. The molecule has 0 aliphatic rings. The van der Waals surface area contributed by atoms with Crippen molar-refractivity contribution < 1.29 is 28.6 Å². The van der Waals surface area contributed by atoms with E-state index in [1.165, 1.54) is 103 Å². The summed E-state index contributed by atoms with van der Waals surface area (Å²) in [6, 6.07) is 0. The molecule has 0 fully saturated rings. The molecule has 77 heavy (non-hydrogen) atoms. The molecule has 0 amide bonds. The van der Waals surface area contributed by atoms with E-state index in [1.54, 1.807) is 0 Å². The Morgan fingerprint density at radius 3 is 0.831 bits per heavy atom. The SMILES string of the molecule is CC/C=C\C/C=C\C/C=C\C/C=C\CCCCCCCCCCCCCCCCCCCCC(=O)OCC(COC(=O)CC/C=C\C/C=C\C/C=C\C/C=C\CC)OC(=O)CCCC/C=C\C/C=C\C/C=C\C/C=C\CC. The van der Waals surface area contributed by atoms with Gasteiger partial charge < -0.3 is 14.2 Å². The maximum Gasteiger partial charge on any atom is 0.306 e. The van der Waals surface area contributed by atoms with E-state index in [-0.39, 0.29) is 44.0 Å². The fraction of sp³-hybridized carbons (Fsp3) is 0.620. The van der Waals surface area contributed by atoms with Crippen molar-refractivity contribution in [1.29, 1.82) is 0 Å². The summed E-state index contributed by atoms with van der Waals surface area (Å²) < 4.78 is 16.8. The molecule has 0 N–H and O–H groups in total. The number of hydrogen-bond donors (Lipinski definition) is 0. The third kappa shape index (κ3) is 62.0. The fourth-order valence-electron chi connectivity index (χ4n) is 8.26. The molecule has 6 nitrogen and oxygen atoms in total. The van der Waals surface area contributed by atoms with Crippen LogP contribution in [0.1, 0.15) is 265 Å². The molecular weight excluding hydrogens is 949 g/mol. The zero-order chi connectivity index (χ0) is 55.7. The molecule has 0 aromatic carbocycles. The smallest absolute Gasteiger partial charge is 0.306 e. The van der Waals surface area contributed by atoms with Gasteiger partial charge in [-0.1, -0.05) is 269 Å². The molecule has 0 aliphatic carbocycles.